The average Bonchev–Trinajstić information content (AvgIpc) is 3.68. The third kappa shape index (κ3) is 6.72. The summed E-state index contributed by atoms with van der Waals surface area (Å²) in [4.78, 5) is 12.8. The highest BCUT2D eigenvalue weighted by Crippen LogP contribution is 2.51. The molecular weight excluding hydrogens is 601 g/mol. The molecule has 14 heteroatoms. The number of hydrogen-bond donors (Lipinski definition) is 2. The van der Waals surface area contributed by atoms with E-state index in [-0.39, 0.29) is 24.9 Å². The average molecular weight is 642 g/mol. The molecule has 2 saturated heterocycles. The van der Waals surface area contributed by atoms with Crippen LogP contribution in [0.2, 0.25) is 0 Å². The van der Waals surface area contributed by atoms with Gasteiger partial charge in [0.1, 0.15) is 36.2 Å². The summed E-state index contributed by atoms with van der Waals surface area (Å²) in [5.41, 5.74) is 5.93. The molecule has 0 saturated carbocycles. The Bertz CT molecular complexity index is 1590. The van der Waals surface area contributed by atoms with E-state index >= 15 is 0 Å². The lowest BCUT2D eigenvalue weighted by atomic mass is 9.92. The standard InChI is InChI=1S/C31H40N5O8P/c1-6-21(7-2)17-39-29(37)20(3)35-45(38,44-22-11-9-8-10-12-22)40-18-25-27-28(43-30(4,5)42-27)31(19-32,41-25)26-14-13-24-23(33)15-16-34-36(24)26/h8-16,20-21,25,27-28H,6-7,17-18,33H2,1-5H3,(H,35,38)/t20-,25+,27+,28+,31-,45-/m0/s1. The van der Waals surface area contributed by atoms with Gasteiger partial charge in [0.25, 0.3) is 0 Å². The highest BCUT2D eigenvalue weighted by Gasteiger charge is 2.65. The second-order valence-corrected chi connectivity index (χ2v) is 13.4. The summed E-state index contributed by atoms with van der Waals surface area (Å²) in [6.45, 7) is 8.96. The number of nitrogens with one attached hydrogen (secondary N) is 1. The highest BCUT2D eigenvalue weighted by molar-refractivity contribution is 7.52. The van der Waals surface area contributed by atoms with Crippen LogP contribution in [0.3, 0.4) is 0 Å². The molecule has 13 nitrogen and oxygen atoms in total. The van der Waals surface area contributed by atoms with Gasteiger partial charge in [-0.2, -0.15) is 15.4 Å². The van der Waals surface area contributed by atoms with Gasteiger partial charge in [0, 0.05) is 6.20 Å². The molecule has 1 aromatic carbocycles. The monoisotopic (exact) mass is 641 g/mol. The van der Waals surface area contributed by atoms with Crippen molar-refractivity contribution < 1.29 is 37.4 Å². The summed E-state index contributed by atoms with van der Waals surface area (Å²) < 4.78 is 51.8. The smallest absolute Gasteiger partial charge is 0.459 e. The predicted molar refractivity (Wildman–Crippen MR) is 164 cm³/mol. The SMILES string of the molecule is CCC(CC)COC(=O)[C@H](C)N[P@](=O)(OC[C@H]1O[C@@](C#N)(c2ccc3c(N)ccnn23)[C@@H]2OC(C)(C)O[C@@H]21)Oc1ccccc1. The van der Waals surface area contributed by atoms with Crippen molar-refractivity contribution in [2.75, 3.05) is 18.9 Å². The lowest BCUT2D eigenvalue weighted by Gasteiger charge is -2.29. The first-order valence-corrected chi connectivity index (χ1v) is 16.6. The Morgan fingerprint density at radius 3 is 2.58 bits per heavy atom. The van der Waals surface area contributed by atoms with Crippen LogP contribution in [0.5, 0.6) is 5.75 Å². The summed E-state index contributed by atoms with van der Waals surface area (Å²) in [5, 5.41) is 17.7. The maximum Gasteiger partial charge on any atom is 0.459 e. The third-order valence-electron chi connectivity index (χ3n) is 8.07. The molecule has 242 valence electrons. The molecule has 5 rings (SSSR count). The van der Waals surface area contributed by atoms with Gasteiger partial charge in [-0.15, -0.1) is 0 Å². The Kier molecular flexibility index (Phi) is 9.56. The minimum atomic E-state index is -4.23. The molecule has 2 aliphatic heterocycles. The number of hydrogen-bond acceptors (Lipinski definition) is 11. The van der Waals surface area contributed by atoms with Crippen LogP contribution >= 0.6 is 7.75 Å². The van der Waals surface area contributed by atoms with Crippen molar-refractivity contribution in [1.29, 1.82) is 5.26 Å². The fraction of sp³-hybridized carbons (Fsp3) is 0.516. The quantitative estimate of drug-likeness (QED) is 0.195. The predicted octanol–water partition coefficient (Wildman–Crippen LogP) is 4.72. The van der Waals surface area contributed by atoms with E-state index in [9.17, 15) is 14.6 Å². The van der Waals surface area contributed by atoms with Crippen molar-refractivity contribution in [2.45, 2.75) is 83.2 Å². The molecule has 2 aromatic heterocycles. The number of fused-ring (bicyclic) bond motifs is 2. The molecule has 3 N–H and O–H groups in total. The summed E-state index contributed by atoms with van der Waals surface area (Å²) in [5.74, 6) is -1.18. The van der Waals surface area contributed by atoms with E-state index in [2.05, 4.69) is 16.3 Å². The summed E-state index contributed by atoms with van der Waals surface area (Å²) in [6, 6.07) is 14.8. The van der Waals surface area contributed by atoms with E-state index in [0.717, 1.165) is 12.8 Å². The first-order chi connectivity index (χ1) is 21.4. The molecule has 0 bridgehead atoms. The minimum absolute atomic E-state index is 0.222. The molecule has 2 fully saturated rings. The topological polar surface area (TPSA) is 169 Å². The van der Waals surface area contributed by atoms with Gasteiger partial charge in [0.15, 0.2) is 5.79 Å². The first kappa shape index (κ1) is 32.9. The number of nitrogens with zero attached hydrogens (tertiary/aromatic N) is 3. The van der Waals surface area contributed by atoms with Crippen molar-refractivity contribution in [2.24, 2.45) is 5.92 Å². The number of carbonyl (C=O) groups is 1. The summed E-state index contributed by atoms with van der Waals surface area (Å²) in [7, 11) is -4.23. The molecule has 0 aliphatic carbocycles. The lowest BCUT2D eigenvalue weighted by molar-refractivity contribution is -0.204. The molecule has 6 atom stereocenters. The Morgan fingerprint density at radius 2 is 1.89 bits per heavy atom. The number of aromatic nitrogens is 2. The van der Waals surface area contributed by atoms with Gasteiger partial charge in [-0.1, -0.05) is 44.9 Å². The molecule has 45 heavy (non-hydrogen) atoms. The summed E-state index contributed by atoms with van der Waals surface area (Å²) in [6.07, 6.45) is 0.633. The van der Waals surface area contributed by atoms with Gasteiger partial charge in [-0.25, -0.2) is 9.08 Å². The number of ether oxygens (including phenoxy) is 4. The lowest BCUT2D eigenvalue weighted by Crippen LogP contribution is -2.40. The van der Waals surface area contributed by atoms with Gasteiger partial charge in [0.05, 0.1) is 30.1 Å². The number of nitriles is 1. The van der Waals surface area contributed by atoms with Gasteiger partial charge < -0.3 is 29.2 Å². The Balaban J connectivity index is 1.40. The van der Waals surface area contributed by atoms with E-state index in [1.807, 2.05) is 13.8 Å². The Morgan fingerprint density at radius 1 is 1.16 bits per heavy atom. The molecule has 0 amide bonds. The zero-order valence-electron chi connectivity index (χ0n) is 26.0. The van der Waals surface area contributed by atoms with E-state index in [1.165, 1.54) is 17.6 Å². The molecule has 2 aliphatic rings. The number of anilines is 1. The van der Waals surface area contributed by atoms with E-state index < -0.39 is 49.5 Å². The maximum atomic E-state index is 14.2. The first-order valence-electron chi connectivity index (χ1n) is 15.0. The number of nitrogen functional groups attached to an aromatic ring is 1. The molecular formula is C31H40N5O8P. The largest absolute Gasteiger partial charge is 0.464 e. The van der Waals surface area contributed by atoms with E-state index in [0.29, 0.717) is 16.9 Å². The van der Waals surface area contributed by atoms with Gasteiger partial charge in [-0.05, 0) is 57.0 Å². The van der Waals surface area contributed by atoms with Crippen LogP contribution in [0.15, 0.2) is 54.7 Å². The molecule has 0 unspecified atom stereocenters. The number of rotatable bonds is 13. The number of carbonyl (C=O) groups excluding carboxylic acids is 1. The third-order valence-corrected chi connectivity index (χ3v) is 9.71. The normalized spacial score (nSPS) is 25.8. The van der Waals surface area contributed by atoms with Crippen LogP contribution in [0.25, 0.3) is 5.52 Å². The van der Waals surface area contributed by atoms with Crippen LogP contribution < -0.4 is 15.3 Å². The second-order valence-electron chi connectivity index (χ2n) is 11.7. The van der Waals surface area contributed by atoms with E-state index in [1.54, 1.807) is 62.4 Å². The molecule has 0 spiro atoms. The summed E-state index contributed by atoms with van der Waals surface area (Å²) >= 11 is 0. The Hall–Kier alpha value is -3.50. The second kappa shape index (κ2) is 13.1. The Labute approximate surface area is 262 Å². The van der Waals surface area contributed by atoms with Crippen molar-refractivity contribution in [3.63, 3.8) is 0 Å². The van der Waals surface area contributed by atoms with Crippen molar-refractivity contribution >= 4 is 24.9 Å². The minimum Gasteiger partial charge on any atom is -0.464 e. The molecule has 0 radical (unpaired) electrons. The number of nitrogens with two attached hydrogens (primary N) is 1. The number of para-hydroxylation sites is 1. The van der Waals surface area contributed by atoms with Crippen molar-refractivity contribution in [1.82, 2.24) is 14.7 Å². The zero-order chi connectivity index (χ0) is 32.4. The van der Waals surface area contributed by atoms with Crippen LogP contribution in [0.4, 0.5) is 5.69 Å². The van der Waals surface area contributed by atoms with Crippen LogP contribution in [-0.2, 0) is 38.4 Å². The number of benzene rings is 1. The van der Waals surface area contributed by atoms with Crippen LogP contribution in [0, 0.1) is 17.2 Å². The maximum absolute atomic E-state index is 14.2. The fourth-order valence-corrected chi connectivity index (χ4v) is 7.07. The van der Waals surface area contributed by atoms with Gasteiger partial charge in [0.2, 0.25) is 5.60 Å². The molecule has 3 aromatic rings. The van der Waals surface area contributed by atoms with Gasteiger partial charge in [-0.3, -0.25) is 9.32 Å². The van der Waals surface area contributed by atoms with Crippen LogP contribution in [-0.4, -0.2) is 58.9 Å². The molecule has 4 heterocycles. The van der Waals surface area contributed by atoms with Crippen LogP contribution in [0.1, 0.15) is 53.2 Å². The van der Waals surface area contributed by atoms with Crippen molar-refractivity contribution in [3.05, 3.63) is 60.4 Å². The fourth-order valence-electron chi connectivity index (χ4n) is 5.57. The van der Waals surface area contributed by atoms with Crippen molar-refractivity contribution in [3.8, 4) is 11.8 Å². The zero-order valence-corrected chi connectivity index (χ0v) is 26.9. The number of esters is 1. The van der Waals surface area contributed by atoms with E-state index in [4.69, 9.17) is 33.7 Å². The van der Waals surface area contributed by atoms with Gasteiger partial charge >= 0.3 is 13.7 Å². The highest BCUT2D eigenvalue weighted by atomic mass is 31.2.